The summed E-state index contributed by atoms with van der Waals surface area (Å²) in [6.45, 7) is 3.87. The van der Waals surface area contributed by atoms with Crippen LogP contribution in [0.3, 0.4) is 0 Å². The number of hydrogen-bond acceptors (Lipinski definition) is 2. The molecule has 1 saturated carbocycles. The Morgan fingerprint density at radius 3 is 2.75 bits per heavy atom. The first-order valence-corrected chi connectivity index (χ1v) is 6.70. The number of nitrogens with one attached hydrogen (secondary N) is 1. The minimum absolute atomic E-state index is 0.200. The zero-order valence-electron chi connectivity index (χ0n) is 10.5. The SMILES string of the molecule is CC1CCCCC1CNC(=O)CCCCN. The predicted octanol–water partition coefficient (Wildman–Crippen LogP) is 2.06. The number of amides is 1. The van der Waals surface area contributed by atoms with Crippen LogP contribution in [0.2, 0.25) is 0 Å². The molecule has 2 atom stereocenters. The fourth-order valence-electron chi connectivity index (χ4n) is 2.46. The van der Waals surface area contributed by atoms with Gasteiger partial charge in [-0.2, -0.15) is 0 Å². The second-order valence-electron chi connectivity index (χ2n) is 5.07. The summed E-state index contributed by atoms with van der Waals surface area (Å²) in [5, 5.41) is 3.06. The molecule has 0 heterocycles. The van der Waals surface area contributed by atoms with Gasteiger partial charge in [0.25, 0.3) is 0 Å². The van der Waals surface area contributed by atoms with E-state index in [-0.39, 0.29) is 5.91 Å². The summed E-state index contributed by atoms with van der Waals surface area (Å²) in [4.78, 5) is 11.5. The highest BCUT2D eigenvalue weighted by Crippen LogP contribution is 2.28. The van der Waals surface area contributed by atoms with Crippen molar-refractivity contribution >= 4 is 5.91 Å². The van der Waals surface area contributed by atoms with E-state index in [0.29, 0.717) is 18.9 Å². The number of carbonyl (C=O) groups excluding carboxylic acids is 1. The van der Waals surface area contributed by atoms with Gasteiger partial charge in [0, 0.05) is 13.0 Å². The van der Waals surface area contributed by atoms with Crippen LogP contribution >= 0.6 is 0 Å². The molecule has 1 aliphatic rings. The Bertz CT molecular complexity index is 206. The van der Waals surface area contributed by atoms with Crippen molar-refractivity contribution in [2.75, 3.05) is 13.1 Å². The van der Waals surface area contributed by atoms with Crippen molar-refractivity contribution in [3.63, 3.8) is 0 Å². The van der Waals surface area contributed by atoms with Crippen molar-refractivity contribution in [1.29, 1.82) is 0 Å². The Balaban J connectivity index is 2.10. The molecule has 0 radical (unpaired) electrons. The molecule has 3 nitrogen and oxygen atoms in total. The summed E-state index contributed by atoms with van der Waals surface area (Å²) in [6.07, 6.45) is 7.81. The molecule has 1 amide bonds. The van der Waals surface area contributed by atoms with E-state index in [9.17, 15) is 4.79 Å². The maximum absolute atomic E-state index is 11.5. The Morgan fingerprint density at radius 2 is 2.06 bits per heavy atom. The number of rotatable bonds is 6. The van der Waals surface area contributed by atoms with Gasteiger partial charge in [-0.3, -0.25) is 4.79 Å². The van der Waals surface area contributed by atoms with Crippen molar-refractivity contribution in [3.8, 4) is 0 Å². The molecule has 0 spiro atoms. The van der Waals surface area contributed by atoms with Crippen molar-refractivity contribution in [3.05, 3.63) is 0 Å². The molecule has 0 aromatic rings. The highest BCUT2D eigenvalue weighted by molar-refractivity contribution is 5.75. The quantitative estimate of drug-likeness (QED) is 0.681. The summed E-state index contributed by atoms with van der Waals surface area (Å²) in [5.74, 6) is 1.68. The first-order valence-electron chi connectivity index (χ1n) is 6.70. The third kappa shape index (κ3) is 4.97. The maximum Gasteiger partial charge on any atom is 0.220 e. The third-order valence-corrected chi connectivity index (χ3v) is 3.71. The molecule has 0 aromatic carbocycles. The molecular weight excluding hydrogens is 200 g/mol. The second-order valence-corrected chi connectivity index (χ2v) is 5.07. The van der Waals surface area contributed by atoms with Crippen LogP contribution in [0.4, 0.5) is 0 Å². The molecule has 94 valence electrons. The molecule has 1 fully saturated rings. The lowest BCUT2D eigenvalue weighted by Crippen LogP contribution is -2.33. The predicted molar refractivity (Wildman–Crippen MR) is 67.0 cm³/mol. The molecule has 2 unspecified atom stereocenters. The average molecular weight is 226 g/mol. The third-order valence-electron chi connectivity index (χ3n) is 3.71. The number of carbonyl (C=O) groups is 1. The van der Waals surface area contributed by atoms with Crippen LogP contribution in [0.5, 0.6) is 0 Å². The van der Waals surface area contributed by atoms with E-state index < -0.39 is 0 Å². The molecule has 1 rings (SSSR count). The van der Waals surface area contributed by atoms with Gasteiger partial charge in [0.1, 0.15) is 0 Å². The van der Waals surface area contributed by atoms with Gasteiger partial charge in [-0.05, 0) is 37.6 Å². The Hall–Kier alpha value is -0.570. The first-order chi connectivity index (χ1) is 7.74. The molecule has 3 N–H and O–H groups in total. The van der Waals surface area contributed by atoms with Gasteiger partial charge >= 0.3 is 0 Å². The molecule has 3 heteroatoms. The monoisotopic (exact) mass is 226 g/mol. The van der Waals surface area contributed by atoms with Crippen molar-refractivity contribution < 1.29 is 4.79 Å². The molecule has 0 bridgehead atoms. The number of hydrogen-bond donors (Lipinski definition) is 2. The molecule has 1 aliphatic carbocycles. The molecular formula is C13H26N2O. The fraction of sp³-hybridized carbons (Fsp3) is 0.923. The largest absolute Gasteiger partial charge is 0.356 e. The van der Waals surface area contributed by atoms with E-state index in [0.717, 1.165) is 25.3 Å². The smallest absolute Gasteiger partial charge is 0.220 e. The van der Waals surface area contributed by atoms with Gasteiger partial charge in [-0.1, -0.05) is 26.2 Å². The van der Waals surface area contributed by atoms with E-state index in [2.05, 4.69) is 12.2 Å². The maximum atomic E-state index is 11.5. The summed E-state index contributed by atoms with van der Waals surface area (Å²) in [7, 11) is 0. The van der Waals surface area contributed by atoms with Crippen molar-refractivity contribution in [2.45, 2.75) is 51.9 Å². The Morgan fingerprint density at radius 1 is 1.31 bits per heavy atom. The van der Waals surface area contributed by atoms with Gasteiger partial charge in [0.15, 0.2) is 0 Å². The lowest BCUT2D eigenvalue weighted by molar-refractivity contribution is -0.121. The Labute approximate surface area is 99.2 Å². The van der Waals surface area contributed by atoms with Crippen LogP contribution < -0.4 is 11.1 Å². The van der Waals surface area contributed by atoms with Crippen LogP contribution in [0.25, 0.3) is 0 Å². The van der Waals surface area contributed by atoms with E-state index in [1.165, 1.54) is 25.7 Å². The standard InChI is InChI=1S/C13H26N2O/c1-11-6-2-3-7-12(11)10-15-13(16)8-4-5-9-14/h11-12H,2-10,14H2,1H3,(H,15,16). The highest BCUT2D eigenvalue weighted by Gasteiger charge is 2.21. The van der Waals surface area contributed by atoms with Crippen LogP contribution in [0, 0.1) is 11.8 Å². The lowest BCUT2D eigenvalue weighted by Gasteiger charge is -2.28. The highest BCUT2D eigenvalue weighted by atomic mass is 16.1. The van der Waals surface area contributed by atoms with Crippen LogP contribution in [0.1, 0.15) is 51.9 Å². The fourth-order valence-corrected chi connectivity index (χ4v) is 2.46. The van der Waals surface area contributed by atoms with E-state index in [4.69, 9.17) is 5.73 Å². The Kier molecular flexibility index (Phi) is 6.46. The van der Waals surface area contributed by atoms with Crippen LogP contribution in [0.15, 0.2) is 0 Å². The van der Waals surface area contributed by atoms with E-state index >= 15 is 0 Å². The molecule has 0 aromatic heterocycles. The van der Waals surface area contributed by atoms with Gasteiger partial charge in [0.05, 0.1) is 0 Å². The zero-order valence-corrected chi connectivity index (χ0v) is 10.5. The second kappa shape index (κ2) is 7.66. The summed E-state index contributed by atoms with van der Waals surface area (Å²) in [6, 6.07) is 0. The number of unbranched alkanes of at least 4 members (excludes halogenated alkanes) is 1. The van der Waals surface area contributed by atoms with Crippen molar-refractivity contribution in [1.82, 2.24) is 5.32 Å². The van der Waals surface area contributed by atoms with E-state index in [1.807, 2.05) is 0 Å². The lowest BCUT2D eigenvalue weighted by atomic mass is 9.80. The molecule has 0 aliphatic heterocycles. The number of nitrogens with two attached hydrogens (primary N) is 1. The van der Waals surface area contributed by atoms with Gasteiger partial charge in [-0.25, -0.2) is 0 Å². The van der Waals surface area contributed by atoms with E-state index in [1.54, 1.807) is 0 Å². The molecule has 16 heavy (non-hydrogen) atoms. The van der Waals surface area contributed by atoms with Gasteiger partial charge in [-0.15, -0.1) is 0 Å². The summed E-state index contributed by atoms with van der Waals surface area (Å²) >= 11 is 0. The minimum Gasteiger partial charge on any atom is -0.356 e. The first kappa shape index (κ1) is 13.5. The molecule has 0 saturated heterocycles. The topological polar surface area (TPSA) is 55.1 Å². The summed E-state index contributed by atoms with van der Waals surface area (Å²) < 4.78 is 0. The zero-order chi connectivity index (χ0) is 11.8. The van der Waals surface area contributed by atoms with Crippen LogP contribution in [-0.4, -0.2) is 19.0 Å². The van der Waals surface area contributed by atoms with Crippen LogP contribution in [-0.2, 0) is 4.79 Å². The summed E-state index contributed by atoms with van der Waals surface area (Å²) in [5.41, 5.74) is 5.39. The van der Waals surface area contributed by atoms with Gasteiger partial charge < -0.3 is 11.1 Å². The normalized spacial score (nSPS) is 25.4. The minimum atomic E-state index is 0.200. The average Bonchev–Trinajstić information content (AvgIpc) is 2.28. The van der Waals surface area contributed by atoms with Crippen molar-refractivity contribution in [2.24, 2.45) is 17.6 Å². The van der Waals surface area contributed by atoms with Gasteiger partial charge in [0.2, 0.25) is 5.91 Å².